The molecule has 54 heavy (non-hydrogen) atoms. The zero-order valence-corrected chi connectivity index (χ0v) is 32.1. The summed E-state index contributed by atoms with van der Waals surface area (Å²) in [4.78, 5) is 70.3. The lowest BCUT2D eigenvalue weighted by molar-refractivity contribution is -0.144. The minimum atomic E-state index is -1.13. The van der Waals surface area contributed by atoms with Crippen LogP contribution in [0.3, 0.4) is 0 Å². The maximum absolute atomic E-state index is 14.5. The van der Waals surface area contributed by atoms with Crippen molar-refractivity contribution < 1.29 is 33.4 Å². The number of rotatable bonds is 20. The molecule has 13 nitrogen and oxygen atoms in total. The lowest BCUT2D eigenvalue weighted by atomic mass is 9.88. The monoisotopic (exact) mass is 746 g/mol. The number of nitriles is 1. The molecule has 1 heterocycles. The van der Waals surface area contributed by atoms with Crippen molar-refractivity contribution in [3.05, 3.63) is 47.5 Å². The van der Waals surface area contributed by atoms with E-state index in [1.54, 1.807) is 44.3 Å². The van der Waals surface area contributed by atoms with Crippen LogP contribution in [0.2, 0.25) is 0 Å². The van der Waals surface area contributed by atoms with Gasteiger partial charge >= 0.3 is 0 Å². The van der Waals surface area contributed by atoms with Crippen molar-refractivity contribution in [1.29, 1.82) is 5.26 Å². The van der Waals surface area contributed by atoms with Gasteiger partial charge in [-0.3, -0.25) is 24.0 Å². The Labute approximate surface area is 319 Å². The molecule has 0 aliphatic carbocycles. The van der Waals surface area contributed by atoms with Gasteiger partial charge in [-0.15, -0.1) is 0 Å². The van der Waals surface area contributed by atoms with Gasteiger partial charge in [0.1, 0.15) is 36.5 Å². The fourth-order valence-corrected chi connectivity index (χ4v) is 6.73. The quantitative estimate of drug-likeness (QED) is 0.142. The Kier molecular flexibility index (Phi) is 18.3. The first kappa shape index (κ1) is 43.8. The smallest absolute Gasteiger partial charge is 0.226 e. The van der Waals surface area contributed by atoms with Gasteiger partial charge in [-0.1, -0.05) is 38.8 Å². The number of carbonyl (C=O) groups is 5. The number of carbonyl (C=O) groups excluding carboxylic acids is 5. The summed E-state index contributed by atoms with van der Waals surface area (Å²) in [6.45, 7) is 4.94. The zero-order chi connectivity index (χ0) is 39.6. The van der Waals surface area contributed by atoms with Crippen molar-refractivity contribution in [3.8, 4) is 28.7 Å². The molecule has 3 rings (SSSR count). The van der Waals surface area contributed by atoms with Crippen LogP contribution in [0.4, 0.5) is 0 Å². The van der Waals surface area contributed by atoms with E-state index in [-0.39, 0.29) is 75.9 Å². The normalized spacial score (nSPS) is 17.8. The molecule has 4 bridgehead atoms. The predicted molar refractivity (Wildman–Crippen MR) is 206 cm³/mol. The van der Waals surface area contributed by atoms with Crippen molar-refractivity contribution in [2.45, 2.75) is 96.6 Å². The van der Waals surface area contributed by atoms with Gasteiger partial charge in [0, 0.05) is 75.2 Å². The van der Waals surface area contributed by atoms with Crippen molar-refractivity contribution in [3.63, 3.8) is 0 Å². The van der Waals surface area contributed by atoms with Gasteiger partial charge in [-0.2, -0.15) is 5.26 Å². The molecule has 2 aromatic carbocycles. The largest absolute Gasteiger partial charge is 0.492 e. The molecule has 0 unspecified atom stereocenters. The molecule has 4 atom stereocenters. The molecular weight excluding hydrogens is 688 g/mol. The van der Waals surface area contributed by atoms with E-state index in [2.05, 4.69) is 5.32 Å². The second-order valence-electron chi connectivity index (χ2n) is 14.0. The highest BCUT2D eigenvalue weighted by molar-refractivity contribution is 5.96. The van der Waals surface area contributed by atoms with Crippen molar-refractivity contribution in [1.82, 2.24) is 10.2 Å². The summed E-state index contributed by atoms with van der Waals surface area (Å²) in [6, 6.07) is 10.5. The average molecular weight is 747 g/mol. The zero-order valence-electron chi connectivity index (χ0n) is 32.1. The van der Waals surface area contributed by atoms with Crippen LogP contribution < -0.4 is 32.0 Å². The van der Waals surface area contributed by atoms with Crippen molar-refractivity contribution in [2.24, 2.45) is 29.0 Å². The summed E-state index contributed by atoms with van der Waals surface area (Å²) in [5.74, 6) is -2.17. The molecule has 7 N–H and O–H groups in total. The maximum Gasteiger partial charge on any atom is 0.226 e. The Morgan fingerprint density at radius 1 is 0.926 bits per heavy atom. The van der Waals surface area contributed by atoms with Crippen LogP contribution >= 0.6 is 0 Å². The van der Waals surface area contributed by atoms with Crippen LogP contribution in [0.25, 0.3) is 11.1 Å². The summed E-state index contributed by atoms with van der Waals surface area (Å²) >= 11 is 0. The predicted octanol–water partition coefficient (Wildman–Crippen LogP) is 3.93. The number of ether oxygens (including phenoxy) is 2. The SMILES string of the molecule is CCCCC(=O)C[C@@H](CCCCN)C(=O)N(C)[C@@H]1C(=O)C[C@@H](C)C(=O)N[C@H](C(=O)CCC#N)Cc2ccc(OCCN)c(c2)-c2cc1ccc2OCCN. The molecule has 0 spiro atoms. The van der Waals surface area contributed by atoms with Gasteiger partial charge in [0.15, 0.2) is 11.6 Å². The Morgan fingerprint density at radius 2 is 1.59 bits per heavy atom. The van der Waals surface area contributed by atoms with E-state index >= 15 is 0 Å². The third-order valence-electron chi connectivity index (χ3n) is 9.67. The summed E-state index contributed by atoms with van der Waals surface area (Å²) in [5.41, 5.74) is 19.7. The Bertz CT molecular complexity index is 1640. The van der Waals surface area contributed by atoms with E-state index in [0.29, 0.717) is 66.0 Å². The van der Waals surface area contributed by atoms with Crippen LogP contribution in [0.1, 0.15) is 95.2 Å². The molecule has 0 saturated heterocycles. The minimum Gasteiger partial charge on any atom is -0.492 e. The number of Topliss-reactive ketones (excluding diaryl/α,β-unsaturated/α-hetero) is 3. The summed E-state index contributed by atoms with van der Waals surface area (Å²) in [6.07, 6.45) is 3.60. The molecule has 294 valence electrons. The number of ketones is 3. The standard InChI is InChI=1S/C41H58N6O7/c1-4-5-10-31(48)25-30(9-6-7-16-42)41(52)47(3)39-29-13-15-38(54-21-19-45)33(26-29)32-23-28(12-14-37(32)53-20-18-44)24-34(35(49)11-8-17-43)46-40(51)27(2)22-36(39)50/h12-15,23,26-27,30,34,39H,4-11,16,18-22,24-25,42,44-45H2,1-3H3,(H,46,51)/t27-,30-,34+,39+/m1/s1. The number of amides is 2. The number of nitrogens with two attached hydrogens (primary N) is 3. The van der Waals surface area contributed by atoms with Crippen LogP contribution in [-0.2, 0) is 30.4 Å². The highest BCUT2D eigenvalue weighted by Gasteiger charge is 2.36. The number of benzene rings is 2. The van der Waals surface area contributed by atoms with Crippen molar-refractivity contribution in [2.75, 3.05) is 39.9 Å². The van der Waals surface area contributed by atoms with Gasteiger partial charge in [-0.05, 0) is 67.6 Å². The third kappa shape index (κ3) is 12.5. The van der Waals surface area contributed by atoms with E-state index in [4.69, 9.17) is 31.9 Å². The number of unbranched alkanes of at least 4 members (excludes halogenated alkanes) is 2. The third-order valence-corrected chi connectivity index (χ3v) is 9.67. The molecular formula is C41H58N6O7. The molecule has 2 amide bonds. The van der Waals surface area contributed by atoms with Gasteiger partial charge in [0.05, 0.1) is 12.1 Å². The summed E-state index contributed by atoms with van der Waals surface area (Å²) < 4.78 is 12.2. The number of likely N-dealkylation sites (N-methyl/N-ethyl adjacent to an activating group) is 1. The highest BCUT2D eigenvalue weighted by atomic mass is 16.5. The molecule has 2 aromatic rings. The van der Waals surface area contributed by atoms with Crippen LogP contribution in [0.5, 0.6) is 11.5 Å². The van der Waals surface area contributed by atoms with Crippen molar-refractivity contribution >= 4 is 29.2 Å². The first-order valence-corrected chi connectivity index (χ1v) is 19.1. The molecule has 1 aliphatic rings. The first-order valence-electron chi connectivity index (χ1n) is 19.1. The van der Waals surface area contributed by atoms with E-state index < -0.39 is 35.6 Å². The Hall–Kier alpha value is -4.64. The van der Waals surface area contributed by atoms with Crippen LogP contribution in [-0.4, -0.2) is 80.0 Å². The molecule has 1 aliphatic heterocycles. The van der Waals surface area contributed by atoms with E-state index in [0.717, 1.165) is 12.8 Å². The van der Waals surface area contributed by atoms with E-state index in [1.165, 1.54) is 4.90 Å². The van der Waals surface area contributed by atoms with Gasteiger partial charge < -0.3 is 36.9 Å². The second kappa shape index (κ2) is 22.5. The first-order chi connectivity index (χ1) is 26.0. The number of nitrogens with one attached hydrogen (secondary N) is 1. The number of fused-ring (bicyclic) bond motifs is 5. The lowest BCUT2D eigenvalue weighted by Crippen LogP contribution is -2.45. The van der Waals surface area contributed by atoms with Gasteiger partial charge in [0.2, 0.25) is 11.8 Å². The maximum atomic E-state index is 14.5. The fourth-order valence-electron chi connectivity index (χ4n) is 6.73. The Morgan fingerprint density at radius 3 is 2.22 bits per heavy atom. The minimum absolute atomic E-state index is 0.00794. The summed E-state index contributed by atoms with van der Waals surface area (Å²) in [7, 11) is 1.56. The topological polar surface area (TPSA) is 221 Å². The van der Waals surface area contributed by atoms with Crippen LogP contribution in [0, 0.1) is 23.2 Å². The molecule has 0 fully saturated rings. The highest BCUT2D eigenvalue weighted by Crippen LogP contribution is 2.41. The lowest BCUT2D eigenvalue weighted by Gasteiger charge is -2.32. The van der Waals surface area contributed by atoms with E-state index in [9.17, 15) is 24.0 Å². The molecule has 0 saturated carbocycles. The number of hydrogen-bond acceptors (Lipinski definition) is 11. The molecule has 0 radical (unpaired) electrons. The molecule has 13 heteroatoms. The second-order valence-corrected chi connectivity index (χ2v) is 14.0. The van der Waals surface area contributed by atoms with Gasteiger partial charge in [0.25, 0.3) is 0 Å². The molecule has 0 aromatic heterocycles. The van der Waals surface area contributed by atoms with E-state index in [1.807, 2.05) is 19.1 Å². The summed E-state index contributed by atoms with van der Waals surface area (Å²) in [5, 5.41) is 12.0. The number of nitrogens with zero attached hydrogens (tertiary/aromatic N) is 2. The van der Waals surface area contributed by atoms with Gasteiger partial charge in [-0.25, -0.2) is 0 Å². The number of hydrogen-bond donors (Lipinski definition) is 4. The Balaban J connectivity index is 2.26. The average Bonchev–Trinajstić information content (AvgIpc) is 3.16. The van der Waals surface area contributed by atoms with Crippen LogP contribution in [0.15, 0.2) is 36.4 Å². The fraction of sp³-hybridized carbons (Fsp3) is 0.561.